The fourth-order valence-corrected chi connectivity index (χ4v) is 4.69. The number of benzene rings is 2. The van der Waals surface area contributed by atoms with Gasteiger partial charge < -0.3 is 20.1 Å². The lowest BCUT2D eigenvalue weighted by Gasteiger charge is -2.29. The number of thioether (sulfide) groups is 1. The van der Waals surface area contributed by atoms with Crippen molar-refractivity contribution in [2.75, 3.05) is 31.4 Å². The molecule has 0 bridgehead atoms. The monoisotopic (exact) mass is 531 g/mol. The molecule has 0 radical (unpaired) electrons. The van der Waals surface area contributed by atoms with Crippen molar-refractivity contribution in [2.45, 2.75) is 12.8 Å². The number of esters is 1. The average molecular weight is 532 g/mol. The summed E-state index contributed by atoms with van der Waals surface area (Å²) in [6.45, 7) is 2.06. The maximum Gasteiger partial charge on any atom is 0.336 e. The number of carbonyl (C=O) groups is 2. The van der Waals surface area contributed by atoms with Gasteiger partial charge in [-0.25, -0.2) is 4.79 Å². The van der Waals surface area contributed by atoms with Crippen LogP contribution in [0.15, 0.2) is 70.4 Å². The maximum absolute atomic E-state index is 13.0. The summed E-state index contributed by atoms with van der Waals surface area (Å²) in [6.07, 6.45) is 0. The van der Waals surface area contributed by atoms with Crippen LogP contribution >= 0.6 is 35.0 Å². The molecule has 2 aromatic rings. The molecule has 35 heavy (non-hydrogen) atoms. The van der Waals surface area contributed by atoms with E-state index >= 15 is 0 Å². The number of ether oxygens (including phenoxy) is 2. The molecule has 1 atom stereocenters. The quantitative estimate of drug-likeness (QED) is 0.336. The minimum atomic E-state index is -0.688. The van der Waals surface area contributed by atoms with Gasteiger partial charge in [-0.1, -0.05) is 53.2 Å². The minimum absolute atomic E-state index is 0.0360. The molecule has 2 aromatic carbocycles. The van der Waals surface area contributed by atoms with Gasteiger partial charge in [0.2, 0.25) is 5.91 Å². The number of allylic oxidation sites excluding steroid dienone is 2. The van der Waals surface area contributed by atoms with Crippen molar-refractivity contribution in [2.24, 2.45) is 0 Å². The SMILES string of the molecule is COCCOC(=O)C1=C(C)NC(SCC(=O)Nc2cccc(Cl)c2)=C(C#N)C1c1ccc(Cl)cc1. The van der Waals surface area contributed by atoms with E-state index in [1.54, 1.807) is 55.5 Å². The number of dihydropyridines is 1. The van der Waals surface area contributed by atoms with Crippen LogP contribution in [0.1, 0.15) is 18.4 Å². The van der Waals surface area contributed by atoms with Gasteiger partial charge in [0.1, 0.15) is 6.61 Å². The summed E-state index contributed by atoms with van der Waals surface area (Å²) >= 11 is 13.2. The molecule has 1 heterocycles. The summed E-state index contributed by atoms with van der Waals surface area (Å²) < 4.78 is 10.3. The number of amides is 1. The lowest BCUT2D eigenvalue weighted by molar-refractivity contribution is -0.140. The fourth-order valence-electron chi connectivity index (χ4n) is 3.48. The minimum Gasteiger partial charge on any atom is -0.460 e. The number of carbonyl (C=O) groups excluding carboxylic acids is 2. The second kappa shape index (κ2) is 12.7. The highest BCUT2D eigenvalue weighted by molar-refractivity contribution is 8.03. The van der Waals surface area contributed by atoms with Crippen molar-refractivity contribution < 1.29 is 19.1 Å². The summed E-state index contributed by atoms with van der Waals surface area (Å²) in [6, 6.07) is 16.0. The summed E-state index contributed by atoms with van der Waals surface area (Å²) in [5.41, 5.74) is 2.42. The first-order chi connectivity index (χ1) is 16.8. The molecular weight excluding hydrogens is 509 g/mol. The molecule has 0 saturated carbocycles. The van der Waals surface area contributed by atoms with Gasteiger partial charge in [-0.3, -0.25) is 4.79 Å². The largest absolute Gasteiger partial charge is 0.460 e. The van der Waals surface area contributed by atoms with E-state index in [1.807, 2.05) is 0 Å². The van der Waals surface area contributed by atoms with Gasteiger partial charge in [0, 0.05) is 28.5 Å². The zero-order valence-corrected chi connectivity index (χ0v) is 21.4. The molecule has 1 unspecified atom stereocenters. The van der Waals surface area contributed by atoms with E-state index in [4.69, 9.17) is 32.7 Å². The van der Waals surface area contributed by atoms with Gasteiger partial charge in [-0.15, -0.1) is 0 Å². The summed E-state index contributed by atoms with van der Waals surface area (Å²) in [5.74, 6) is -1.47. The van der Waals surface area contributed by atoms with Gasteiger partial charge in [-0.05, 0) is 42.8 Å². The van der Waals surface area contributed by atoms with Crippen molar-refractivity contribution in [3.8, 4) is 6.07 Å². The van der Waals surface area contributed by atoms with Crippen LogP contribution in [-0.2, 0) is 19.1 Å². The zero-order valence-electron chi connectivity index (χ0n) is 19.1. The van der Waals surface area contributed by atoms with E-state index < -0.39 is 11.9 Å². The number of hydrogen-bond acceptors (Lipinski definition) is 7. The number of nitrogens with zero attached hydrogens (tertiary/aromatic N) is 1. The molecule has 0 aliphatic carbocycles. The Morgan fingerprint density at radius 3 is 2.54 bits per heavy atom. The molecule has 2 N–H and O–H groups in total. The fraction of sp³-hybridized carbons (Fsp3) is 0.240. The Balaban J connectivity index is 1.87. The second-order valence-corrected chi connectivity index (χ2v) is 9.34. The summed E-state index contributed by atoms with van der Waals surface area (Å²) in [4.78, 5) is 25.5. The zero-order chi connectivity index (χ0) is 25.4. The van der Waals surface area contributed by atoms with Crippen LogP contribution in [0.5, 0.6) is 0 Å². The van der Waals surface area contributed by atoms with E-state index in [9.17, 15) is 14.9 Å². The molecule has 1 aliphatic heterocycles. The van der Waals surface area contributed by atoms with Gasteiger partial charge in [0.25, 0.3) is 0 Å². The number of rotatable bonds is 9. The highest BCUT2D eigenvalue weighted by Crippen LogP contribution is 2.41. The Morgan fingerprint density at radius 2 is 1.89 bits per heavy atom. The highest BCUT2D eigenvalue weighted by atomic mass is 35.5. The lowest BCUT2D eigenvalue weighted by atomic mass is 9.82. The Labute approximate surface area is 218 Å². The van der Waals surface area contributed by atoms with E-state index in [0.717, 1.165) is 0 Å². The van der Waals surface area contributed by atoms with Crippen LogP contribution in [0.4, 0.5) is 5.69 Å². The van der Waals surface area contributed by atoms with Crippen LogP contribution in [0.2, 0.25) is 10.0 Å². The van der Waals surface area contributed by atoms with Crippen LogP contribution < -0.4 is 10.6 Å². The van der Waals surface area contributed by atoms with E-state index in [0.29, 0.717) is 43.2 Å². The molecule has 1 aliphatic rings. The first-order valence-electron chi connectivity index (χ1n) is 10.6. The Kier molecular flexibility index (Phi) is 9.64. The van der Waals surface area contributed by atoms with Gasteiger partial charge >= 0.3 is 5.97 Å². The topological polar surface area (TPSA) is 100 Å². The normalized spacial score (nSPS) is 15.3. The first kappa shape index (κ1) is 26.6. The van der Waals surface area contributed by atoms with Crippen molar-refractivity contribution in [3.05, 3.63) is 86.0 Å². The number of methoxy groups -OCH3 is 1. The van der Waals surface area contributed by atoms with Crippen LogP contribution in [0.3, 0.4) is 0 Å². The van der Waals surface area contributed by atoms with Crippen LogP contribution in [0.25, 0.3) is 0 Å². The Morgan fingerprint density at radius 1 is 1.14 bits per heavy atom. The number of hydrogen-bond donors (Lipinski definition) is 2. The van der Waals surface area contributed by atoms with Gasteiger partial charge in [0.15, 0.2) is 0 Å². The predicted molar refractivity (Wildman–Crippen MR) is 138 cm³/mol. The van der Waals surface area contributed by atoms with Crippen molar-refractivity contribution >= 4 is 52.5 Å². The highest BCUT2D eigenvalue weighted by Gasteiger charge is 2.35. The lowest BCUT2D eigenvalue weighted by Crippen LogP contribution is -2.29. The van der Waals surface area contributed by atoms with E-state index in [2.05, 4.69) is 16.7 Å². The molecule has 10 heteroatoms. The summed E-state index contributed by atoms with van der Waals surface area (Å²) in [7, 11) is 1.51. The maximum atomic E-state index is 13.0. The van der Waals surface area contributed by atoms with Crippen molar-refractivity contribution in [1.82, 2.24) is 5.32 Å². The molecule has 182 valence electrons. The van der Waals surface area contributed by atoms with E-state index in [-0.39, 0.29) is 24.9 Å². The summed E-state index contributed by atoms with van der Waals surface area (Å²) in [5, 5.41) is 17.5. The molecule has 1 amide bonds. The first-order valence-corrected chi connectivity index (χ1v) is 12.3. The number of nitriles is 1. The van der Waals surface area contributed by atoms with Gasteiger partial charge in [0.05, 0.1) is 40.5 Å². The van der Waals surface area contributed by atoms with Crippen LogP contribution in [-0.4, -0.2) is 38.0 Å². The Hall–Kier alpha value is -2.96. The molecule has 0 spiro atoms. The second-order valence-electron chi connectivity index (χ2n) is 7.48. The van der Waals surface area contributed by atoms with Crippen molar-refractivity contribution in [3.63, 3.8) is 0 Å². The standard InChI is InChI=1S/C25H23Cl2N3O4S/c1-15-22(25(32)34-11-10-33-2)23(16-6-8-17(26)9-7-16)20(13-28)24(29-15)35-14-21(31)30-19-5-3-4-18(27)12-19/h3-9,12,23,29H,10-11,14H2,1-2H3,(H,30,31). The van der Waals surface area contributed by atoms with Gasteiger partial charge in [-0.2, -0.15) is 5.26 Å². The number of nitrogens with one attached hydrogen (secondary N) is 2. The molecule has 0 fully saturated rings. The van der Waals surface area contributed by atoms with E-state index in [1.165, 1.54) is 18.9 Å². The number of halogens is 2. The van der Waals surface area contributed by atoms with Crippen molar-refractivity contribution in [1.29, 1.82) is 5.26 Å². The van der Waals surface area contributed by atoms with Crippen LogP contribution in [0, 0.1) is 11.3 Å². The molecule has 3 rings (SSSR count). The number of anilines is 1. The average Bonchev–Trinajstić information content (AvgIpc) is 2.83. The third kappa shape index (κ3) is 7.03. The molecule has 7 nitrogen and oxygen atoms in total. The predicted octanol–water partition coefficient (Wildman–Crippen LogP) is 5.25. The third-order valence-electron chi connectivity index (χ3n) is 5.05. The molecule has 0 saturated heterocycles. The molecule has 0 aromatic heterocycles. The third-order valence-corrected chi connectivity index (χ3v) is 6.55. The smallest absolute Gasteiger partial charge is 0.336 e. The Bertz CT molecular complexity index is 1210. The molecular formula is C25H23Cl2N3O4S.